The number of aromatic nitrogens is 1. The summed E-state index contributed by atoms with van der Waals surface area (Å²) in [5.74, 6) is 0.505. The van der Waals surface area contributed by atoms with Gasteiger partial charge in [0.25, 0.3) is 0 Å². The Morgan fingerprint density at radius 2 is 1.81 bits per heavy atom. The number of allylic oxidation sites excluding steroid dienone is 2. The van der Waals surface area contributed by atoms with Crippen LogP contribution in [0.1, 0.15) is 59.4 Å². The van der Waals surface area contributed by atoms with E-state index in [2.05, 4.69) is 10.6 Å². The largest absolute Gasteiger partial charge is 0.493 e. The lowest BCUT2D eigenvalue weighted by Gasteiger charge is -2.15. The summed E-state index contributed by atoms with van der Waals surface area (Å²) in [7, 11) is 3.10. The van der Waals surface area contributed by atoms with Crippen molar-refractivity contribution in [1.82, 2.24) is 4.57 Å². The molecule has 0 fully saturated rings. The summed E-state index contributed by atoms with van der Waals surface area (Å²) in [4.78, 5) is 25.0. The molecule has 0 amide bonds. The van der Waals surface area contributed by atoms with Crippen LogP contribution < -0.4 is 9.47 Å². The van der Waals surface area contributed by atoms with Crippen molar-refractivity contribution in [3.8, 4) is 11.5 Å². The van der Waals surface area contributed by atoms with E-state index in [9.17, 15) is 9.59 Å². The van der Waals surface area contributed by atoms with E-state index in [4.69, 9.17) is 14.2 Å². The van der Waals surface area contributed by atoms with Crippen molar-refractivity contribution in [2.24, 2.45) is 0 Å². The van der Waals surface area contributed by atoms with Crippen molar-refractivity contribution in [3.05, 3.63) is 58.4 Å². The number of benzene rings is 1. The second-order valence-corrected chi connectivity index (χ2v) is 8.24. The van der Waals surface area contributed by atoms with Crippen molar-refractivity contribution in [1.29, 1.82) is 0 Å². The molecule has 1 aromatic carbocycles. The number of Topliss-reactive ketones (excluding diaryl/α,β-unsaturated/α-hetero) is 1. The van der Waals surface area contributed by atoms with E-state index in [0.29, 0.717) is 17.1 Å². The lowest BCUT2D eigenvalue weighted by Crippen LogP contribution is -2.16. The van der Waals surface area contributed by atoms with Crippen molar-refractivity contribution in [3.63, 3.8) is 0 Å². The summed E-state index contributed by atoms with van der Waals surface area (Å²) in [6, 6.07) is 7.15. The number of ketones is 1. The van der Waals surface area contributed by atoms with Gasteiger partial charge in [-0.3, -0.25) is 9.59 Å². The highest BCUT2D eigenvalue weighted by atomic mass is 16.5. The van der Waals surface area contributed by atoms with E-state index in [0.717, 1.165) is 29.9 Å². The van der Waals surface area contributed by atoms with Gasteiger partial charge in [-0.05, 0) is 69.7 Å². The second kappa shape index (κ2) is 11.0. The molecule has 0 saturated carbocycles. The summed E-state index contributed by atoms with van der Waals surface area (Å²) in [5.41, 5.74) is 4.86. The van der Waals surface area contributed by atoms with Gasteiger partial charge in [0.2, 0.25) is 5.78 Å². The fraction of sp³-hybridized carbons (Fsp3) is 0.462. The lowest BCUT2D eigenvalue weighted by molar-refractivity contribution is -0.141. The Morgan fingerprint density at radius 3 is 2.50 bits per heavy atom. The topological polar surface area (TPSA) is 66.8 Å². The van der Waals surface area contributed by atoms with Crippen molar-refractivity contribution in [2.75, 3.05) is 20.8 Å². The highest BCUT2D eigenvalue weighted by Gasteiger charge is 2.18. The molecule has 32 heavy (non-hydrogen) atoms. The van der Waals surface area contributed by atoms with Crippen LogP contribution in [0.25, 0.3) is 0 Å². The standard InChI is InChI=1S/C26H33NO5/c1-18-14-22(19(2)27(18)13-12-20-8-6-5-7-9-20)23(28)17-32-26(29)16-21-10-11-24(30-3)25(15-21)31-4/h8,10-11,14-15H,5-7,9,12-13,16-17H2,1-4H3. The molecule has 1 aliphatic carbocycles. The molecule has 0 N–H and O–H groups in total. The average molecular weight is 440 g/mol. The van der Waals surface area contributed by atoms with Crippen LogP contribution in [0.2, 0.25) is 0 Å². The number of hydrogen-bond acceptors (Lipinski definition) is 5. The number of aryl methyl sites for hydroxylation is 1. The molecule has 1 aromatic heterocycles. The molecule has 1 heterocycles. The fourth-order valence-electron chi connectivity index (χ4n) is 4.25. The SMILES string of the molecule is COc1ccc(CC(=O)OCC(=O)c2cc(C)n(CCC3=CCCCC3)c2C)cc1OC. The van der Waals surface area contributed by atoms with E-state index in [-0.39, 0.29) is 18.8 Å². The quantitative estimate of drug-likeness (QED) is 0.297. The Labute approximate surface area is 190 Å². The maximum absolute atomic E-state index is 12.7. The Morgan fingerprint density at radius 1 is 1.03 bits per heavy atom. The first-order valence-electron chi connectivity index (χ1n) is 11.2. The third kappa shape index (κ3) is 5.81. The first-order chi connectivity index (χ1) is 15.4. The molecule has 0 unspecified atom stereocenters. The van der Waals surface area contributed by atoms with Crippen molar-refractivity contribution in [2.45, 2.75) is 58.9 Å². The van der Waals surface area contributed by atoms with Crippen LogP contribution in [0.3, 0.4) is 0 Å². The third-order valence-corrected chi connectivity index (χ3v) is 6.08. The Balaban J connectivity index is 1.56. The van der Waals surface area contributed by atoms with E-state index in [1.165, 1.54) is 31.3 Å². The number of rotatable bonds is 10. The maximum atomic E-state index is 12.7. The van der Waals surface area contributed by atoms with Gasteiger partial charge >= 0.3 is 5.97 Å². The second-order valence-electron chi connectivity index (χ2n) is 8.24. The van der Waals surface area contributed by atoms with Crippen molar-refractivity contribution >= 4 is 11.8 Å². The van der Waals surface area contributed by atoms with Gasteiger partial charge in [-0.2, -0.15) is 0 Å². The maximum Gasteiger partial charge on any atom is 0.310 e. The Kier molecular flexibility index (Phi) is 8.14. The number of nitrogens with zero attached hydrogens (tertiary/aromatic N) is 1. The van der Waals surface area contributed by atoms with Crippen LogP contribution in [0.4, 0.5) is 0 Å². The molecule has 0 aliphatic heterocycles. The molecule has 0 atom stereocenters. The van der Waals surface area contributed by atoms with E-state index >= 15 is 0 Å². The van der Waals surface area contributed by atoms with Gasteiger partial charge < -0.3 is 18.8 Å². The predicted octanol–water partition coefficient (Wildman–Crippen LogP) is 4.98. The number of esters is 1. The van der Waals surface area contributed by atoms with E-state index in [1.54, 1.807) is 32.4 Å². The van der Waals surface area contributed by atoms with Crippen LogP contribution in [0, 0.1) is 13.8 Å². The highest BCUT2D eigenvalue weighted by molar-refractivity contribution is 5.99. The van der Waals surface area contributed by atoms with Gasteiger partial charge in [-0.25, -0.2) is 0 Å². The van der Waals surface area contributed by atoms with E-state index < -0.39 is 5.97 Å². The van der Waals surface area contributed by atoms with Gasteiger partial charge in [-0.1, -0.05) is 17.7 Å². The predicted molar refractivity (Wildman–Crippen MR) is 124 cm³/mol. The smallest absolute Gasteiger partial charge is 0.310 e. The van der Waals surface area contributed by atoms with Gasteiger partial charge in [0.1, 0.15) is 0 Å². The number of methoxy groups -OCH3 is 2. The minimum Gasteiger partial charge on any atom is -0.493 e. The number of carbonyl (C=O) groups excluding carboxylic acids is 2. The highest BCUT2D eigenvalue weighted by Crippen LogP contribution is 2.28. The minimum atomic E-state index is -0.455. The molecular formula is C26H33NO5. The molecule has 1 aliphatic rings. The summed E-state index contributed by atoms with van der Waals surface area (Å²) in [6.45, 7) is 4.58. The normalized spacial score (nSPS) is 13.4. The number of ether oxygens (including phenoxy) is 3. The fourth-order valence-corrected chi connectivity index (χ4v) is 4.25. The summed E-state index contributed by atoms with van der Waals surface area (Å²) < 4.78 is 17.9. The monoisotopic (exact) mass is 439 g/mol. The molecule has 172 valence electrons. The molecule has 0 spiro atoms. The third-order valence-electron chi connectivity index (χ3n) is 6.08. The zero-order valence-electron chi connectivity index (χ0n) is 19.5. The molecule has 0 bridgehead atoms. The van der Waals surface area contributed by atoms with Crippen LogP contribution in [-0.2, 0) is 22.5 Å². The summed E-state index contributed by atoms with van der Waals surface area (Å²) in [6.07, 6.45) is 8.36. The summed E-state index contributed by atoms with van der Waals surface area (Å²) in [5, 5.41) is 0. The zero-order valence-corrected chi connectivity index (χ0v) is 19.5. The molecule has 0 radical (unpaired) electrons. The van der Waals surface area contributed by atoms with Gasteiger partial charge in [0.15, 0.2) is 18.1 Å². The van der Waals surface area contributed by atoms with Gasteiger partial charge in [0.05, 0.1) is 20.6 Å². The van der Waals surface area contributed by atoms with Crippen LogP contribution in [0.5, 0.6) is 11.5 Å². The average Bonchev–Trinajstić information content (AvgIpc) is 3.09. The van der Waals surface area contributed by atoms with Crippen LogP contribution >= 0.6 is 0 Å². The van der Waals surface area contributed by atoms with Gasteiger partial charge in [0, 0.05) is 23.5 Å². The molecule has 0 saturated heterocycles. The Bertz CT molecular complexity index is 1000. The minimum absolute atomic E-state index is 0.0573. The molecular weight excluding hydrogens is 406 g/mol. The number of carbonyl (C=O) groups is 2. The molecule has 6 heteroatoms. The lowest BCUT2D eigenvalue weighted by atomic mass is 9.97. The molecule has 3 rings (SSSR count). The Hall–Kier alpha value is -3.02. The van der Waals surface area contributed by atoms with Crippen molar-refractivity contribution < 1.29 is 23.8 Å². The first kappa shape index (κ1) is 23.6. The molecule has 6 nitrogen and oxygen atoms in total. The van der Waals surface area contributed by atoms with Crippen LogP contribution in [-0.4, -0.2) is 37.1 Å². The van der Waals surface area contributed by atoms with Crippen LogP contribution in [0.15, 0.2) is 35.9 Å². The van der Waals surface area contributed by atoms with Gasteiger partial charge in [-0.15, -0.1) is 0 Å². The van der Waals surface area contributed by atoms with E-state index in [1.807, 2.05) is 19.9 Å². The first-order valence-corrected chi connectivity index (χ1v) is 11.2. The zero-order chi connectivity index (χ0) is 23.1. The molecule has 2 aromatic rings. The summed E-state index contributed by atoms with van der Waals surface area (Å²) >= 11 is 0. The number of hydrogen-bond donors (Lipinski definition) is 0.